The molecule has 0 aromatic heterocycles. The van der Waals surface area contributed by atoms with Gasteiger partial charge in [-0.1, -0.05) is 0 Å². The number of benzene rings is 1. The Morgan fingerprint density at radius 2 is 2.07 bits per heavy atom. The zero-order valence-electron chi connectivity index (χ0n) is 9.33. The van der Waals surface area contributed by atoms with E-state index in [1.807, 2.05) is 26.0 Å². The van der Waals surface area contributed by atoms with Crippen molar-refractivity contribution in [3.05, 3.63) is 23.3 Å². The second-order valence-corrected chi connectivity index (χ2v) is 3.20. The fraction of sp³-hybridized carbons (Fsp3) is 0.417. The van der Waals surface area contributed by atoms with Crippen molar-refractivity contribution in [3.63, 3.8) is 0 Å². The molecular weight excluding hydrogens is 190 g/mol. The average molecular weight is 205 g/mol. The van der Waals surface area contributed by atoms with E-state index in [9.17, 15) is 0 Å². The second kappa shape index (κ2) is 5.26. The van der Waals surface area contributed by atoms with Crippen molar-refractivity contribution in [2.75, 3.05) is 13.7 Å². The van der Waals surface area contributed by atoms with Crippen LogP contribution < -0.4 is 9.47 Å². The molecule has 0 aliphatic carbocycles. The van der Waals surface area contributed by atoms with E-state index in [0.29, 0.717) is 13.0 Å². The number of rotatable bonds is 4. The highest BCUT2D eigenvalue weighted by atomic mass is 16.5. The van der Waals surface area contributed by atoms with Gasteiger partial charge < -0.3 is 9.47 Å². The van der Waals surface area contributed by atoms with Crippen molar-refractivity contribution in [3.8, 4) is 17.6 Å². The van der Waals surface area contributed by atoms with E-state index in [4.69, 9.17) is 14.7 Å². The second-order valence-electron chi connectivity index (χ2n) is 3.20. The van der Waals surface area contributed by atoms with Crippen molar-refractivity contribution in [1.82, 2.24) is 0 Å². The van der Waals surface area contributed by atoms with Gasteiger partial charge in [-0.25, -0.2) is 0 Å². The van der Waals surface area contributed by atoms with E-state index in [1.54, 1.807) is 7.11 Å². The Bertz CT molecular complexity index is 380. The van der Waals surface area contributed by atoms with E-state index in [2.05, 4.69) is 6.07 Å². The van der Waals surface area contributed by atoms with Gasteiger partial charge in [-0.15, -0.1) is 0 Å². The predicted octanol–water partition coefficient (Wildman–Crippen LogP) is 2.47. The van der Waals surface area contributed by atoms with Crippen LogP contribution in [0.2, 0.25) is 0 Å². The molecule has 0 radical (unpaired) electrons. The van der Waals surface area contributed by atoms with Gasteiger partial charge in [-0.05, 0) is 31.5 Å². The lowest BCUT2D eigenvalue weighted by atomic mass is 10.1. The molecule has 3 heteroatoms. The van der Waals surface area contributed by atoms with Crippen LogP contribution in [0, 0.1) is 18.3 Å². The van der Waals surface area contributed by atoms with Gasteiger partial charge in [0.05, 0.1) is 26.2 Å². The molecule has 0 saturated heterocycles. The first kappa shape index (κ1) is 11.4. The van der Waals surface area contributed by atoms with Crippen LogP contribution in [0.15, 0.2) is 12.1 Å². The molecule has 15 heavy (non-hydrogen) atoms. The monoisotopic (exact) mass is 205 g/mol. The molecule has 0 unspecified atom stereocenters. The maximum absolute atomic E-state index is 8.68. The number of ether oxygens (including phenoxy) is 2. The largest absolute Gasteiger partial charge is 0.496 e. The quantitative estimate of drug-likeness (QED) is 0.758. The van der Waals surface area contributed by atoms with Gasteiger partial charge in [0.1, 0.15) is 11.5 Å². The molecular formula is C12H15NO2. The zero-order valence-corrected chi connectivity index (χ0v) is 9.33. The molecule has 80 valence electrons. The standard InChI is InChI=1S/C12H15NO2/c1-4-15-11-8-10(5-6-13)12(14-3)7-9(11)2/h7-8H,4-5H2,1-3H3. The van der Waals surface area contributed by atoms with Crippen LogP contribution in [0.4, 0.5) is 0 Å². The van der Waals surface area contributed by atoms with Crippen molar-refractivity contribution < 1.29 is 9.47 Å². The minimum absolute atomic E-state index is 0.337. The van der Waals surface area contributed by atoms with Gasteiger partial charge in [0.15, 0.2) is 0 Å². The number of nitriles is 1. The molecule has 0 spiro atoms. The van der Waals surface area contributed by atoms with Gasteiger partial charge in [0, 0.05) is 5.56 Å². The lowest BCUT2D eigenvalue weighted by Gasteiger charge is -2.12. The molecule has 0 aliphatic heterocycles. The molecule has 0 fully saturated rings. The molecule has 3 nitrogen and oxygen atoms in total. The Morgan fingerprint density at radius 3 is 2.60 bits per heavy atom. The molecule has 1 rings (SSSR count). The summed E-state index contributed by atoms with van der Waals surface area (Å²) in [6.45, 7) is 4.52. The van der Waals surface area contributed by atoms with E-state index in [-0.39, 0.29) is 0 Å². The summed E-state index contributed by atoms with van der Waals surface area (Å²) in [5, 5.41) is 8.68. The molecule has 0 heterocycles. The predicted molar refractivity (Wildman–Crippen MR) is 58.2 cm³/mol. The Labute approximate surface area is 90.2 Å². The Morgan fingerprint density at radius 1 is 1.33 bits per heavy atom. The fourth-order valence-electron chi connectivity index (χ4n) is 1.43. The van der Waals surface area contributed by atoms with Crippen LogP contribution >= 0.6 is 0 Å². The van der Waals surface area contributed by atoms with Crippen LogP contribution in [0.25, 0.3) is 0 Å². The first-order chi connectivity index (χ1) is 7.22. The smallest absolute Gasteiger partial charge is 0.123 e. The van der Waals surface area contributed by atoms with Gasteiger partial charge in [-0.3, -0.25) is 0 Å². The number of nitrogens with zero attached hydrogens (tertiary/aromatic N) is 1. The summed E-state index contributed by atoms with van der Waals surface area (Å²) in [7, 11) is 1.61. The first-order valence-electron chi connectivity index (χ1n) is 4.90. The molecule has 1 aromatic carbocycles. The van der Waals surface area contributed by atoms with Gasteiger partial charge in [-0.2, -0.15) is 5.26 Å². The minimum Gasteiger partial charge on any atom is -0.496 e. The molecule has 1 aromatic rings. The average Bonchev–Trinajstić information content (AvgIpc) is 2.23. The van der Waals surface area contributed by atoms with Gasteiger partial charge >= 0.3 is 0 Å². The highest BCUT2D eigenvalue weighted by molar-refractivity contribution is 5.46. The molecule has 0 N–H and O–H groups in total. The van der Waals surface area contributed by atoms with Crippen LogP contribution in [-0.2, 0) is 6.42 Å². The summed E-state index contributed by atoms with van der Waals surface area (Å²) in [4.78, 5) is 0. The Balaban J connectivity index is 3.12. The molecule has 0 bridgehead atoms. The third kappa shape index (κ3) is 2.63. The topological polar surface area (TPSA) is 42.2 Å². The maximum atomic E-state index is 8.68. The minimum atomic E-state index is 0.337. The van der Waals surface area contributed by atoms with E-state index in [1.165, 1.54) is 0 Å². The molecule has 0 atom stereocenters. The van der Waals surface area contributed by atoms with Crippen LogP contribution in [0.3, 0.4) is 0 Å². The van der Waals surface area contributed by atoms with E-state index < -0.39 is 0 Å². The summed E-state index contributed by atoms with van der Waals surface area (Å²) >= 11 is 0. The number of methoxy groups -OCH3 is 1. The summed E-state index contributed by atoms with van der Waals surface area (Å²) < 4.78 is 10.7. The lowest BCUT2D eigenvalue weighted by molar-refractivity contribution is 0.336. The highest BCUT2D eigenvalue weighted by Gasteiger charge is 2.08. The summed E-state index contributed by atoms with van der Waals surface area (Å²) in [5.41, 5.74) is 1.89. The summed E-state index contributed by atoms with van der Waals surface area (Å²) in [6, 6.07) is 5.89. The van der Waals surface area contributed by atoms with Crippen molar-refractivity contribution in [2.24, 2.45) is 0 Å². The van der Waals surface area contributed by atoms with Crippen molar-refractivity contribution in [2.45, 2.75) is 20.3 Å². The lowest BCUT2D eigenvalue weighted by Crippen LogP contribution is -1.98. The third-order valence-electron chi connectivity index (χ3n) is 2.15. The number of hydrogen-bond acceptors (Lipinski definition) is 3. The van der Waals surface area contributed by atoms with Crippen LogP contribution in [0.1, 0.15) is 18.1 Å². The highest BCUT2D eigenvalue weighted by Crippen LogP contribution is 2.28. The summed E-state index contributed by atoms with van der Waals surface area (Å²) in [5.74, 6) is 1.57. The first-order valence-corrected chi connectivity index (χ1v) is 4.90. The van der Waals surface area contributed by atoms with Crippen LogP contribution in [-0.4, -0.2) is 13.7 Å². The van der Waals surface area contributed by atoms with Gasteiger partial charge in [0.25, 0.3) is 0 Å². The summed E-state index contributed by atoms with van der Waals surface area (Å²) in [6.07, 6.45) is 0.337. The fourth-order valence-corrected chi connectivity index (χ4v) is 1.43. The third-order valence-corrected chi connectivity index (χ3v) is 2.15. The Kier molecular flexibility index (Phi) is 3.99. The van der Waals surface area contributed by atoms with Crippen LogP contribution in [0.5, 0.6) is 11.5 Å². The Hall–Kier alpha value is -1.69. The number of aryl methyl sites for hydroxylation is 1. The zero-order chi connectivity index (χ0) is 11.3. The SMILES string of the molecule is CCOc1cc(CC#N)c(OC)cc1C. The van der Waals surface area contributed by atoms with Crippen molar-refractivity contribution >= 4 is 0 Å². The molecule has 0 amide bonds. The van der Waals surface area contributed by atoms with E-state index >= 15 is 0 Å². The van der Waals surface area contributed by atoms with Gasteiger partial charge in [0.2, 0.25) is 0 Å². The van der Waals surface area contributed by atoms with Crippen molar-refractivity contribution in [1.29, 1.82) is 5.26 Å². The molecule has 0 aliphatic rings. The number of hydrogen-bond donors (Lipinski definition) is 0. The molecule has 0 saturated carbocycles. The maximum Gasteiger partial charge on any atom is 0.123 e. The van der Waals surface area contributed by atoms with E-state index in [0.717, 1.165) is 22.6 Å². The normalized spacial score (nSPS) is 9.47.